The summed E-state index contributed by atoms with van der Waals surface area (Å²) in [6, 6.07) is 0. The Morgan fingerprint density at radius 1 is 1.24 bits per heavy atom. The van der Waals surface area contributed by atoms with Gasteiger partial charge in [0.05, 0.1) is 11.2 Å². The second-order valence-electron chi connectivity index (χ2n) is 7.36. The second kappa shape index (κ2) is 6.24. The Labute approximate surface area is 130 Å². The van der Waals surface area contributed by atoms with E-state index in [4.69, 9.17) is 10.1 Å². The Morgan fingerprint density at radius 2 is 1.90 bits per heavy atom. The Kier molecular flexibility index (Phi) is 4.97. The summed E-state index contributed by atoms with van der Waals surface area (Å²) in [7, 11) is 0. The van der Waals surface area contributed by atoms with Crippen LogP contribution in [0.4, 0.5) is 0 Å². The summed E-state index contributed by atoms with van der Waals surface area (Å²) in [5, 5.41) is 7.69. The first-order valence-electron chi connectivity index (χ1n) is 8.88. The molecule has 0 radical (unpaired) electrons. The number of nitrogens with one attached hydrogen (secondary N) is 1. The van der Waals surface area contributed by atoms with Crippen LogP contribution in [-0.2, 0) is 4.74 Å². The van der Waals surface area contributed by atoms with E-state index >= 15 is 0 Å². The third-order valence-corrected chi connectivity index (χ3v) is 5.72. The normalized spacial score (nSPS) is 36.1. The van der Waals surface area contributed by atoms with Crippen LogP contribution in [-0.4, -0.2) is 16.9 Å². The SMILES string of the molecule is CC.CC(=N)CCC1=CCCC2CCC3CC12OC3(C)C. The second-order valence-corrected chi connectivity index (χ2v) is 7.36. The van der Waals surface area contributed by atoms with Crippen molar-refractivity contribution in [2.75, 3.05) is 0 Å². The van der Waals surface area contributed by atoms with Crippen LogP contribution in [0.2, 0.25) is 0 Å². The first-order valence-corrected chi connectivity index (χ1v) is 8.88. The fraction of sp³-hybridized carbons (Fsp3) is 0.842. The van der Waals surface area contributed by atoms with E-state index < -0.39 is 0 Å². The van der Waals surface area contributed by atoms with E-state index in [0.717, 1.165) is 30.4 Å². The van der Waals surface area contributed by atoms with Gasteiger partial charge < -0.3 is 10.1 Å². The molecule has 2 heteroatoms. The molecule has 0 aromatic carbocycles. The van der Waals surface area contributed by atoms with Crippen molar-refractivity contribution in [2.24, 2.45) is 11.8 Å². The molecule has 0 amide bonds. The fourth-order valence-electron chi connectivity index (χ4n) is 4.65. The van der Waals surface area contributed by atoms with Gasteiger partial charge in [0.25, 0.3) is 0 Å². The van der Waals surface area contributed by atoms with Crippen molar-refractivity contribution in [3.63, 3.8) is 0 Å². The summed E-state index contributed by atoms with van der Waals surface area (Å²) in [5.74, 6) is 1.46. The van der Waals surface area contributed by atoms with E-state index in [9.17, 15) is 0 Å². The van der Waals surface area contributed by atoms with E-state index in [1.807, 2.05) is 20.8 Å². The lowest BCUT2D eigenvalue weighted by molar-refractivity contribution is -0.0976. The van der Waals surface area contributed by atoms with Gasteiger partial charge in [-0.1, -0.05) is 19.9 Å². The monoisotopic (exact) mass is 291 g/mol. The largest absolute Gasteiger partial charge is 0.364 e. The Hall–Kier alpha value is -0.630. The zero-order valence-electron chi connectivity index (χ0n) is 14.6. The molecule has 3 aliphatic rings. The predicted octanol–water partition coefficient (Wildman–Crippen LogP) is 5.52. The summed E-state index contributed by atoms with van der Waals surface area (Å²) in [6.07, 6.45) is 10.8. The van der Waals surface area contributed by atoms with E-state index in [-0.39, 0.29) is 11.2 Å². The maximum atomic E-state index is 7.69. The van der Waals surface area contributed by atoms with Gasteiger partial charge in [-0.3, -0.25) is 0 Å². The maximum absolute atomic E-state index is 7.69. The van der Waals surface area contributed by atoms with Crippen molar-refractivity contribution >= 4 is 5.71 Å². The van der Waals surface area contributed by atoms with Gasteiger partial charge in [0.2, 0.25) is 0 Å². The number of ether oxygens (including phenoxy) is 1. The molecular weight excluding hydrogens is 258 g/mol. The lowest BCUT2D eigenvalue weighted by Crippen LogP contribution is -2.44. The number of allylic oxidation sites excluding steroid dienone is 1. The van der Waals surface area contributed by atoms with E-state index in [2.05, 4.69) is 19.9 Å². The highest BCUT2D eigenvalue weighted by molar-refractivity contribution is 5.78. The van der Waals surface area contributed by atoms with Crippen LogP contribution < -0.4 is 0 Å². The van der Waals surface area contributed by atoms with Crippen molar-refractivity contribution in [3.8, 4) is 0 Å². The van der Waals surface area contributed by atoms with E-state index in [1.165, 1.54) is 37.7 Å². The van der Waals surface area contributed by atoms with Crippen molar-refractivity contribution in [2.45, 2.75) is 90.8 Å². The van der Waals surface area contributed by atoms with E-state index in [1.54, 1.807) is 0 Å². The molecule has 0 aromatic heterocycles. The molecule has 21 heavy (non-hydrogen) atoms. The van der Waals surface area contributed by atoms with Crippen LogP contribution in [0.1, 0.15) is 79.6 Å². The molecule has 3 atom stereocenters. The van der Waals surface area contributed by atoms with Gasteiger partial charge in [0, 0.05) is 5.71 Å². The molecule has 1 saturated carbocycles. The average Bonchev–Trinajstić information content (AvgIpc) is 2.65. The lowest BCUT2D eigenvalue weighted by Gasteiger charge is -2.44. The van der Waals surface area contributed by atoms with Crippen molar-refractivity contribution in [1.29, 1.82) is 5.41 Å². The van der Waals surface area contributed by atoms with E-state index in [0.29, 0.717) is 0 Å². The molecule has 120 valence electrons. The minimum Gasteiger partial charge on any atom is -0.364 e. The summed E-state index contributed by atoms with van der Waals surface area (Å²) < 4.78 is 6.67. The van der Waals surface area contributed by atoms with Crippen LogP contribution in [0.25, 0.3) is 0 Å². The van der Waals surface area contributed by atoms with Gasteiger partial charge in [-0.05, 0) is 83.1 Å². The quantitative estimate of drug-likeness (QED) is 0.539. The van der Waals surface area contributed by atoms with Gasteiger partial charge >= 0.3 is 0 Å². The van der Waals surface area contributed by atoms with Crippen LogP contribution in [0.15, 0.2) is 11.6 Å². The standard InChI is InChI=1S/C17H27NO.C2H6/c1-12(18)7-8-13-5-4-6-14-9-10-15-11-17(13,14)19-16(15,2)3;1-2/h5,14-15,18H,4,6-11H2,1-3H3;1-2H3. The molecular formula is C19H33NO. The number of hydrogen-bond donors (Lipinski definition) is 1. The highest BCUT2D eigenvalue weighted by atomic mass is 16.5. The maximum Gasteiger partial charge on any atom is 0.0930 e. The minimum atomic E-state index is 0.0418. The lowest BCUT2D eigenvalue weighted by atomic mass is 9.63. The smallest absolute Gasteiger partial charge is 0.0930 e. The molecule has 2 fully saturated rings. The highest BCUT2D eigenvalue weighted by Gasteiger charge is 2.59. The van der Waals surface area contributed by atoms with Gasteiger partial charge in [0.1, 0.15) is 0 Å². The summed E-state index contributed by atoms with van der Waals surface area (Å²) >= 11 is 0. The highest BCUT2D eigenvalue weighted by Crippen LogP contribution is 2.59. The number of hydrogen-bond acceptors (Lipinski definition) is 2. The Balaban J connectivity index is 0.000000774. The van der Waals surface area contributed by atoms with Crippen molar-refractivity contribution in [1.82, 2.24) is 0 Å². The summed E-state index contributed by atoms with van der Waals surface area (Å²) in [4.78, 5) is 0. The first-order chi connectivity index (χ1) is 9.94. The third kappa shape index (κ3) is 2.97. The predicted molar refractivity (Wildman–Crippen MR) is 90.0 cm³/mol. The van der Waals surface area contributed by atoms with Crippen molar-refractivity contribution < 1.29 is 4.74 Å². The topological polar surface area (TPSA) is 33.1 Å². The number of fused-ring (bicyclic) bond motifs is 1. The molecule has 3 rings (SSSR count). The molecule has 3 unspecified atom stereocenters. The minimum absolute atomic E-state index is 0.0418. The molecule has 2 nitrogen and oxygen atoms in total. The Bertz CT molecular complexity index is 423. The van der Waals surface area contributed by atoms with Gasteiger partial charge in [0.15, 0.2) is 0 Å². The molecule has 2 bridgehead atoms. The number of rotatable bonds is 3. The van der Waals surface area contributed by atoms with Crippen molar-refractivity contribution in [3.05, 3.63) is 11.6 Å². The molecule has 1 saturated heterocycles. The molecule has 1 heterocycles. The molecule has 1 aliphatic heterocycles. The molecule has 1 N–H and O–H groups in total. The molecule has 1 spiro atoms. The van der Waals surface area contributed by atoms with Gasteiger partial charge in [-0.25, -0.2) is 0 Å². The van der Waals surface area contributed by atoms with Gasteiger partial charge in [-0.2, -0.15) is 0 Å². The average molecular weight is 291 g/mol. The zero-order valence-corrected chi connectivity index (χ0v) is 14.6. The first kappa shape index (κ1) is 16.7. The van der Waals surface area contributed by atoms with Crippen LogP contribution in [0, 0.1) is 17.2 Å². The zero-order chi connectivity index (χ0) is 15.7. The van der Waals surface area contributed by atoms with Crippen LogP contribution in [0.3, 0.4) is 0 Å². The molecule has 2 aliphatic carbocycles. The van der Waals surface area contributed by atoms with Crippen LogP contribution in [0.5, 0.6) is 0 Å². The summed E-state index contributed by atoms with van der Waals surface area (Å²) in [6.45, 7) is 10.5. The molecule has 0 aromatic rings. The fourth-order valence-corrected chi connectivity index (χ4v) is 4.65. The van der Waals surface area contributed by atoms with Crippen LogP contribution >= 0.6 is 0 Å². The van der Waals surface area contributed by atoms with Gasteiger partial charge in [-0.15, -0.1) is 0 Å². The summed E-state index contributed by atoms with van der Waals surface area (Å²) in [5.41, 5.74) is 2.40. The Morgan fingerprint density at radius 3 is 2.57 bits per heavy atom. The third-order valence-electron chi connectivity index (χ3n) is 5.72.